The lowest BCUT2D eigenvalue weighted by Crippen LogP contribution is -2.29. The summed E-state index contributed by atoms with van der Waals surface area (Å²) < 4.78 is 51.0. The van der Waals surface area contributed by atoms with Crippen LogP contribution in [0.2, 0.25) is 0 Å². The zero-order valence-electron chi connectivity index (χ0n) is 12.3. The standard InChI is InChI=1S/C15H16F4N2O2/c1-8-6-13(22)14(23)21-20-12(8)5-3-9-2-4-10(11(16)7-9)15(17,18)19/h2,4,7-8,13,22H,3,5-6H2,1H3,(H,21,23)/t8?,13-/m0/s1. The van der Waals surface area contributed by atoms with Crippen molar-refractivity contribution in [1.29, 1.82) is 0 Å². The number of carbonyl (C=O) groups excluding carboxylic acids is 1. The lowest BCUT2D eigenvalue weighted by atomic mass is 9.94. The van der Waals surface area contributed by atoms with Crippen LogP contribution >= 0.6 is 0 Å². The van der Waals surface area contributed by atoms with Crippen LogP contribution in [0.25, 0.3) is 0 Å². The van der Waals surface area contributed by atoms with Gasteiger partial charge in [0.2, 0.25) is 0 Å². The van der Waals surface area contributed by atoms with E-state index in [1.807, 2.05) is 0 Å². The van der Waals surface area contributed by atoms with Crippen molar-refractivity contribution < 1.29 is 27.5 Å². The maximum Gasteiger partial charge on any atom is 0.419 e. The van der Waals surface area contributed by atoms with Crippen LogP contribution < -0.4 is 5.43 Å². The molecule has 0 aliphatic carbocycles. The van der Waals surface area contributed by atoms with E-state index in [2.05, 4.69) is 10.5 Å². The molecule has 8 heteroatoms. The first kappa shape index (κ1) is 17.4. The summed E-state index contributed by atoms with van der Waals surface area (Å²) in [6, 6.07) is 2.80. The van der Waals surface area contributed by atoms with Crippen LogP contribution in [0.15, 0.2) is 23.3 Å². The van der Waals surface area contributed by atoms with E-state index in [9.17, 15) is 27.5 Å². The van der Waals surface area contributed by atoms with Crippen molar-refractivity contribution >= 4 is 11.6 Å². The van der Waals surface area contributed by atoms with Crippen LogP contribution in [0.1, 0.15) is 30.9 Å². The molecule has 0 bridgehead atoms. The van der Waals surface area contributed by atoms with Crippen LogP contribution in [0.4, 0.5) is 17.6 Å². The van der Waals surface area contributed by atoms with Crippen molar-refractivity contribution in [2.75, 3.05) is 0 Å². The molecule has 1 amide bonds. The van der Waals surface area contributed by atoms with Gasteiger partial charge < -0.3 is 5.11 Å². The number of halogens is 4. The summed E-state index contributed by atoms with van der Waals surface area (Å²) in [6.07, 6.45) is -5.02. The molecule has 1 aromatic carbocycles. The topological polar surface area (TPSA) is 61.7 Å². The van der Waals surface area contributed by atoms with E-state index < -0.39 is 29.6 Å². The summed E-state index contributed by atoms with van der Waals surface area (Å²) in [5.41, 5.74) is 1.94. The molecular weight excluding hydrogens is 316 g/mol. The molecule has 1 aliphatic rings. The molecule has 0 fully saturated rings. The van der Waals surface area contributed by atoms with Crippen LogP contribution in [-0.2, 0) is 17.4 Å². The lowest BCUT2D eigenvalue weighted by molar-refractivity contribution is -0.140. The Balaban J connectivity index is 2.06. The van der Waals surface area contributed by atoms with Gasteiger partial charge in [0, 0.05) is 5.71 Å². The van der Waals surface area contributed by atoms with Gasteiger partial charge in [-0.25, -0.2) is 9.82 Å². The summed E-state index contributed by atoms with van der Waals surface area (Å²) in [6.45, 7) is 1.79. The Morgan fingerprint density at radius 2 is 2.04 bits per heavy atom. The first-order valence-electron chi connectivity index (χ1n) is 7.08. The molecule has 0 radical (unpaired) electrons. The van der Waals surface area contributed by atoms with Crippen molar-refractivity contribution in [3.05, 3.63) is 35.1 Å². The van der Waals surface area contributed by atoms with E-state index in [4.69, 9.17) is 0 Å². The largest absolute Gasteiger partial charge is 0.419 e. The number of hydrogen-bond acceptors (Lipinski definition) is 3. The number of hydrazone groups is 1. The Kier molecular flexibility index (Phi) is 5.03. The Hall–Kier alpha value is -1.96. The summed E-state index contributed by atoms with van der Waals surface area (Å²) in [5, 5.41) is 13.4. The molecule has 0 saturated carbocycles. The van der Waals surface area contributed by atoms with E-state index in [0.717, 1.165) is 6.07 Å². The predicted molar refractivity (Wildman–Crippen MR) is 75.1 cm³/mol. The number of hydrogen-bond donors (Lipinski definition) is 2. The molecular formula is C15H16F4N2O2. The maximum atomic E-state index is 13.5. The van der Waals surface area contributed by atoms with Crippen LogP contribution in [0.3, 0.4) is 0 Å². The molecule has 2 N–H and O–H groups in total. The normalized spacial score (nSPS) is 22.3. The van der Waals surface area contributed by atoms with E-state index in [-0.39, 0.29) is 18.8 Å². The van der Waals surface area contributed by atoms with Crippen molar-refractivity contribution in [2.45, 2.75) is 38.5 Å². The third-order valence-electron chi connectivity index (χ3n) is 3.77. The van der Waals surface area contributed by atoms with E-state index in [1.165, 1.54) is 6.07 Å². The lowest BCUT2D eigenvalue weighted by Gasteiger charge is -2.13. The highest BCUT2D eigenvalue weighted by molar-refractivity contribution is 5.91. The number of carbonyl (C=O) groups is 1. The molecule has 23 heavy (non-hydrogen) atoms. The molecule has 0 saturated heterocycles. The van der Waals surface area contributed by atoms with Crippen molar-refractivity contribution in [3.63, 3.8) is 0 Å². The van der Waals surface area contributed by atoms with Gasteiger partial charge in [-0.1, -0.05) is 13.0 Å². The predicted octanol–water partition coefficient (Wildman–Crippen LogP) is 2.65. The molecule has 1 aliphatic heterocycles. The van der Waals surface area contributed by atoms with Gasteiger partial charge in [-0.05, 0) is 42.9 Å². The summed E-state index contributed by atoms with van der Waals surface area (Å²) in [4.78, 5) is 11.3. The highest BCUT2D eigenvalue weighted by atomic mass is 19.4. The third-order valence-corrected chi connectivity index (χ3v) is 3.77. The number of aliphatic hydroxyl groups excluding tert-OH is 1. The number of benzene rings is 1. The number of alkyl halides is 3. The van der Waals surface area contributed by atoms with Gasteiger partial charge in [0.05, 0.1) is 5.56 Å². The molecule has 1 aromatic rings. The van der Waals surface area contributed by atoms with Gasteiger partial charge in [-0.3, -0.25) is 4.79 Å². The fourth-order valence-corrected chi connectivity index (χ4v) is 2.41. The smallest absolute Gasteiger partial charge is 0.383 e. The summed E-state index contributed by atoms with van der Waals surface area (Å²) >= 11 is 0. The van der Waals surface area contributed by atoms with Crippen molar-refractivity contribution in [1.82, 2.24) is 5.43 Å². The van der Waals surface area contributed by atoms with E-state index in [1.54, 1.807) is 6.92 Å². The number of aryl methyl sites for hydroxylation is 1. The third kappa shape index (κ3) is 4.28. The number of nitrogens with zero attached hydrogens (tertiary/aromatic N) is 1. The van der Waals surface area contributed by atoms with Crippen molar-refractivity contribution in [3.8, 4) is 0 Å². The van der Waals surface area contributed by atoms with Gasteiger partial charge in [-0.15, -0.1) is 0 Å². The maximum absolute atomic E-state index is 13.5. The summed E-state index contributed by atoms with van der Waals surface area (Å²) in [7, 11) is 0. The number of rotatable bonds is 3. The Morgan fingerprint density at radius 1 is 1.35 bits per heavy atom. The minimum Gasteiger partial charge on any atom is -0.383 e. The molecule has 1 heterocycles. The zero-order valence-corrected chi connectivity index (χ0v) is 12.3. The first-order chi connectivity index (χ1) is 10.7. The molecule has 4 nitrogen and oxygen atoms in total. The Labute approximate surface area is 130 Å². The average Bonchev–Trinajstić information content (AvgIpc) is 2.56. The molecule has 0 aromatic heterocycles. The van der Waals surface area contributed by atoms with Crippen LogP contribution in [-0.4, -0.2) is 22.8 Å². The highest BCUT2D eigenvalue weighted by Gasteiger charge is 2.34. The number of amides is 1. The molecule has 126 valence electrons. The average molecular weight is 332 g/mol. The first-order valence-corrected chi connectivity index (χ1v) is 7.08. The highest BCUT2D eigenvalue weighted by Crippen LogP contribution is 2.31. The van der Waals surface area contributed by atoms with Gasteiger partial charge in [0.25, 0.3) is 5.91 Å². The quantitative estimate of drug-likeness (QED) is 0.836. The second-order valence-corrected chi connectivity index (χ2v) is 5.54. The van der Waals surface area contributed by atoms with E-state index >= 15 is 0 Å². The minimum absolute atomic E-state index is 0.164. The number of nitrogens with one attached hydrogen (secondary N) is 1. The van der Waals surface area contributed by atoms with Crippen LogP contribution in [0, 0.1) is 11.7 Å². The van der Waals surface area contributed by atoms with Crippen molar-refractivity contribution in [2.24, 2.45) is 11.0 Å². The Bertz CT molecular complexity index is 628. The van der Waals surface area contributed by atoms with E-state index in [0.29, 0.717) is 23.8 Å². The fourth-order valence-electron chi connectivity index (χ4n) is 2.41. The van der Waals surface area contributed by atoms with Gasteiger partial charge >= 0.3 is 6.18 Å². The minimum atomic E-state index is -4.72. The molecule has 2 atom stereocenters. The zero-order chi connectivity index (χ0) is 17.2. The molecule has 0 spiro atoms. The van der Waals surface area contributed by atoms with Crippen LogP contribution in [0.5, 0.6) is 0 Å². The number of aliphatic hydroxyl groups is 1. The van der Waals surface area contributed by atoms with Gasteiger partial charge in [-0.2, -0.15) is 18.3 Å². The monoisotopic (exact) mass is 332 g/mol. The van der Waals surface area contributed by atoms with Gasteiger partial charge in [0.1, 0.15) is 11.9 Å². The molecule has 1 unspecified atom stereocenters. The van der Waals surface area contributed by atoms with Gasteiger partial charge in [0.15, 0.2) is 0 Å². The summed E-state index contributed by atoms with van der Waals surface area (Å²) in [5.74, 6) is -2.06. The SMILES string of the molecule is CC1C[C@H](O)C(=O)NN=C1CCc1ccc(C(F)(F)F)c(F)c1. The second-order valence-electron chi connectivity index (χ2n) is 5.54. The Morgan fingerprint density at radius 3 is 2.65 bits per heavy atom. The molecule has 2 rings (SSSR count). The second kappa shape index (κ2) is 6.66. The fraction of sp³-hybridized carbons (Fsp3) is 0.467.